The Bertz CT molecular complexity index is 1450. The van der Waals surface area contributed by atoms with Gasteiger partial charge in [-0.3, -0.25) is 24.3 Å². The Morgan fingerprint density at radius 2 is 1.80 bits per heavy atom. The number of ketones is 1. The first-order chi connectivity index (χ1) is 18.7. The highest BCUT2D eigenvalue weighted by Gasteiger charge is 2.26. The minimum absolute atomic E-state index is 0.120. The largest absolute Gasteiger partial charge is 0.505 e. The lowest BCUT2D eigenvalue weighted by molar-refractivity contribution is -0.132. The van der Waals surface area contributed by atoms with Crippen LogP contribution in [0.5, 0.6) is 5.75 Å². The van der Waals surface area contributed by atoms with E-state index < -0.39 is 59.2 Å². The predicted molar refractivity (Wildman–Crippen MR) is 144 cm³/mol. The molecule has 0 spiro atoms. The van der Waals surface area contributed by atoms with Crippen LogP contribution < -0.4 is 16.2 Å². The van der Waals surface area contributed by atoms with E-state index in [-0.39, 0.29) is 23.5 Å². The first-order valence-electron chi connectivity index (χ1n) is 12.4. The van der Waals surface area contributed by atoms with Gasteiger partial charge in [0.25, 0.3) is 5.56 Å². The Labute approximate surface area is 229 Å². The SMILES string of the molecule is CC(O)C(=O)[C@@H](Cc1ccc(O)c(F)c1)NC(=O)Cn1c(-c2ccccc2)ncc(NC(=O)OC(C)(C)C)c1=O. The molecule has 0 saturated heterocycles. The number of rotatable bonds is 9. The lowest BCUT2D eigenvalue weighted by atomic mass is 9.99. The summed E-state index contributed by atoms with van der Waals surface area (Å²) in [6.45, 7) is 5.59. The summed E-state index contributed by atoms with van der Waals surface area (Å²) in [6.07, 6.45) is -1.37. The topological polar surface area (TPSA) is 160 Å². The molecule has 0 aliphatic rings. The number of aliphatic hydroxyl groups is 1. The highest BCUT2D eigenvalue weighted by Crippen LogP contribution is 2.19. The summed E-state index contributed by atoms with van der Waals surface area (Å²) in [5.74, 6) is -2.89. The molecule has 0 bridgehead atoms. The van der Waals surface area contributed by atoms with E-state index in [9.17, 15) is 33.8 Å². The molecule has 1 unspecified atom stereocenters. The number of nitrogens with one attached hydrogen (secondary N) is 2. The zero-order chi connectivity index (χ0) is 29.6. The number of phenols is 1. The van der Waals surface area contributed by atoms with Crippen molar-refractivity contribution in [3.63, 3.8) is 0 Å². The Kier molecular flexibility index (Phi) is 9.38. The predicted octanol–water partition coefficient (Wildman–Crippen LogP) is 2.78. The van der Waals surface area contributed by atoms with Crippen LogP contribution in [0.15, 0.2) is 59.5 Å². The number of aromatic nitrogens is 2. The molecular formula is C28H31FN4O7. The molecule has 3 rings (SSSR count). The standard InChI is InChI=1S/C28H31FN4O7/c1-16(34)24(37)20(13-17-10-11-22(35)19(29)12-17)31-23(36)15-33-25(18-8-6-5-7-9-18)30-14-21(26(33)38)32-27(39)40-28(2,3)4/h5-12,14,16,20,34-35H,13,15H2,1-4H3,(H,31,36)(H,32,39)/t16?,20-/m1/s1. The molecule has 0 radical (unpaired) electrons. The highest BCUT2D eigenvalue weighted by atomic mass is 19.1. The van der Waals surface area contributed by atoms with Crippen LogP contribution in [0.4, 0.5) is 14.9 Å². The Balaban J connectivity index is 1.93. The Morgan fingerprint density at radius 3 is 2.40 bits per heavy atom. The smallest absolute Gasteiger partial charge is 0.412 e. The number of hydrogen-bond donors (Lipinski definition) is 4. The number of Topliss-reactive ketones (excluding diaryl/α,β-unsaturated/α-hetero) is 1. The summed E-state index contributed by atoms with van der Waals surface area (Å²) < 4.78 is 20.1. The van der Waals surface area contributed by atoms with Crippen LogP contribution in [0.1, 0.15) is 33.3 Å². The van der Waals surface area contributed by atoms with Gasteiger partial charge in [0.05, 0.1) is 12.2 Å². The second-order valence-corrected chi connectivity index (χ2v) is 10.1. The average molecular weight is 555 g/mol. The summed E-state index contributed by atoms with van der Waals surface area (Å²) in [5.41, 5.74) is -1.03. The number of anilines is 1. The number of ether oxygens (including phenoxy) is 1. The maximum absolute atomic E-state index is 13.9. The van der Waals surface area contributed by atoms with Gasteiger partial charge in [0.1, 0.15) is 29.8 Å². The molecule has 40 heavy (non-hydrogen) atoms. The van der Waals surface area contributed by atoms with Crippen LogP contribution in [0, 0.1) is 5.82 Å². The third-order valence-corrected chi connectivity index (χ3v) is 5.56. The van der Waals surface area contributed by atoms with E-state index in [2.05, 4.69) is 15.6 Å². The van der Waals surface area contributed by atoms with Gasteiger partial charge >= 0.3 is 6.09 Å². The number of aliphatic hydroxyl groups excluding tert-OH is 1. The minimum atomic E-state index is -1.45. The fourth-order valence-electron chi connectivity index (χ4n) is 3.77. The van der Waals surface area contributed by atoms with Crippen molar-refractivity contribution in [1.29, 1.82) is 0 Å². The second-order valence-electron chi connectivity index (χ2n) is 10.1. The molecule has 1 heterocycles. The van der Waals surface area contributed by atoms with Crippen LogP contribution in [0.3, 0.4) is 0 Å². The maximum Gasteiger partial charge on any atom is 0.412 e. The third-order valence-electron chi connectivity index (χ3n) is 5.56. The summed E-state index contributed by atoms with van der Waals surface area (Å²) >= 11 is 0. The molecule has 2 aromatic carbocycles. The van der Waals surface area contributed by atoms with Crippen molar-refractivity contribution in [2.24, 2.45) is 0 Å². The normalized spacial score (nSPS) is 12.8. The number of aromatic hydroxyl groups is 1. The number of phenolic OH excluding ortho intramolecular Hbond substituents is 1. The summed E-state index contributed by atoms with van der Waals surface area (Å²) in [6, 6.07) is 10.8. The van der Waals surface area contributed by atoms with Crippen LogP contribution in [-0.4, -0.2) is 55.3 Å². The van der Waals surface area contributed by atoms with Crippen LogP contribution in [0.2, 0.25) is 0 Å². The van der Waals surface area contributed by atoms with E-state index in [1.54, 1.807) is 51.1 Å². The fraction of sp³-hybridized carbons (Fsp3) is 0.321. The van der Waals surface area contributed by atoms with Crippen molar-refractivity contribution in [2.45, 2.75) is 58.4 Å². The van der Waals surface area contributed by atoms with Gasteiger partial charge in [0.15, 0.2) is 17.3 Å². The van der Waals surface area contributed by atoms with Crippen LogP contribution >= 0.6 is 0 Å². The van der Waals surface area contributed by atoms with Crippen molar-refractivity contribution in [3.05, 3.63) is 76.5 Å². The summed E-state index contributed by atoms with van der Waals surface area (Å²) in [7, 11) is 0. The van der Waals surface area contributed by atoms with Gasteiger partial charge in [-0.05, 0) is 51.8 Å². The van der Waals surface area contributed by atoms with Gasteiger partial charge in [-0.25, -0.2) is 14.2 Å². The molecule has 2 amide bonds. The van der Waals surface area contributed by atoms with Crippen molar-refractivity contribution in [3.8, 4) is 17.1 Å². The minimum Gasteiger partial charge on any atom is -0.505 e. The lowest BCUT2D eigenvalue weighted by Gasteiger charge is -2.21. The highest BCUT2D eigenvalue weighted by molar-refractivity contribution is 5.92. The molecule has 0 fully saturated rings. The molecule has 3 aromatic rings. The molecule has 0 aliphatic heterocycles. The van der Waals surface area contributed by atoms with E-state index in [0.29, 0.717) is 5.56 Å². The number of nitrogens with zero attached hydrogens (tertiary/aromatic N) is 2. The molecule has 1 aromatic heterocycles. The quantitative estimate of drug-likeness (QED) is 0.314. The van der Waals surface area contributed by atoms with E-state index in [4.69, 9.17) is 4.74 Å². The van der Waals surface area contributed by atoms with Gasteiger partial charge in [0.2, 0.25) is 5.91 Å². The van der Waals surface area contributed by atoms with E-state index in [0.717, 1.165) is 22.9 Å². The molecule has 11 nitrogen and oxygen atoms in total. The monoisotopic (exact) mass is 554 g/mol. The van der Waals surface area contributed by atoms with Crippen LogP contribution in [-0.2, 0) is 27.3 Å². The number of benzene rings is 2. The molecule has 4 N–H and O–H groups in total. The Hall–Kier alpha value is -4.58. The second kappa shape index (κ2) is 12.5. The fourth-order valence-corrected chi connectivity index (χ4v) is 3.77. The first-order valence-corrected chi connectivity index (χ1v) is 12.4. The van der Waals surface area contributed by atoms with Gasteiger partial charge in [-0.15, -0.1) is 0 Å². The lowest BCUT2D eigenvalue weighted by Crippen LogP contribution is -2.48. The zero-order valence-electron chi connectivity index (χ0n) is 22.5. The Morgan fingerprint density at radius 1 is 1.12 bits per heavy atom. The summed E-state index contributed by atoms with van der Waals surface area (Å²) in [4.78, 5) is 55.8. The molecular weight excluding hydrogens is 523 g/mol. The van der Waals surface area contributed by atoms with Gasteiger partial charge in [-0.1, -0.05) is 36.4 Å². The molecule has 0 saturated carbocycles. The molecule has 2 atom stereocenters. The number of halogens is 1. The number of amides is 2. The van der Waals surface area contributed by atoms with Crippen molar-refractivity contribution >= 4 is 23.5 Å². The van der Waals surface area contributed by atoms with E-state index in [1.807, 2.05) is 0 Å². The van der Waals surface area contributed by atoms with Crippen molar-refractivity contribution in [2.75, 3.05) is 5.32 Å². The zero-order valence-corrected chi connectivity index (χ0v) is 22.5. The van der Waals surface area contributed by atoms with Gasteiger partial charge in [0, 0.05) is 5.56 Å². The first kappa shape index (κ1) is 30.0. The average Bonchev–Trinajstić information content (AvgIpc) is 2.87. The van der Waals surface area contributed by atoms with Crippen molar-refractivity contribution < 1.29 is 33.7 Å². The molecule has 12 heteroatoms. The van der Waals surface area contributed by atoms with Crippen LogP contribution in [0.25, 0.3) is 11.4 Å². The number of carbonyl (C=O) groups excluding carboxylic acids is 3. The van der Waals surface area contributed by atoms with Gasteiger partial charge < -0.3 is 20.3 Å². The third kappa shape index (κ3) is 7.96. The van der Waals surface area contributed by atoms with E-state index >= 15 is 0 Å². The number of carbonyl (C=O) groups is 3. The summed E-state index contributed by atoms with van der Waals surface area (Å²) in [5, 5.41) is 24.2. The molecule has 0 aliphatic carbocycles. The number of hydrogen-bond acceptors (Lipinski definition) is 8. The molecule has 212 valence electrons. The van der Waals surface area contributed by atoms with Crippen molar-refractivity contribution in [1.82, 2.24) is 14.9 Å². The maximum atomic E-state index is 13.9. The van der Waals surface area contributed by atoms with E-state index in [1.165, 1.54) is 13.0 Å². The van der Waals surface area contributed by atoms with Gasteiger partial charge in [-0.2, -0.15) is 0 Å².